The van der Waals surface area contributed by atoms with Gasteiger partial charge in [-0.25, -0.2) is 0 Å². The van der Waals surface area contributed by atoms with E-state index < -0.39 is 6.04 Å². The van der Waals surface area contributed by atoms with E-state index in [4.69, 9.17) is 5.26 Å². The molecule has 0 fully saturated rings. The van der Waals surface area contributed by atoms with Crippen LogP contribution in [0.4, 0.5) is 5.82 Å². The Bertz CT molecular complexity index is 806. The molecule has 1 unspecified atom stereocenters. The molecule has 0 bridgehead atoms. The Morgan fingerprint density at radius 3 is 2.54 bits per heavy atom. The van der Waals surface area contributed by atoms with Crippen LogP contribution in [0.25, 0.3) is 11.1 Å². The van der Waals surface area contributed by atoms with Crippen LogP contribution >= 0.6 is 11.5 Å². The van der Waals surface area contributed by atoms with Crippen molar-refractivity contribution in [1.29, 1.82) is 5.26 Å². The first-order valence-corrected chi connectivity index (χ1v) is 9.23. The Hall–Kier alpha value is -2.72. The third-order valence-electron chi connectivity index (χ3n) is 3.85. The van der Waals surface area contributed by atoms with Crippen molar-refractivity contribution >= 4 is 29.0 Å². The lowest BCUT2D eigenvalue weighted by Gasteiger charge is -2.20. The summed E-state index contributed by atoms with van der Waals surface area (Å²) in [7, 11) is 0. The van der Waals surface area contributed by atoms with Crippen LogP contribution in [0.15, 0.2) is 29.6 Å². The van der Waals surface area contributed by atoms with Crippen molar-refractivity contribution in [2.24, 2.45) is 5.92 Å². The highest BCUT2D eigenvalue weighted by Gasteiger charge is 2.22. The maximum atomic E-state index is 12.3. The minimum absolute atomic E-state index is 0.0181. The minimum Gasteiger partial charge on any atom is -0.357 e. The van der Waals surface area contributed by atoms with Crippen molar-refractivity contribution in [2.75, 3.05) is 11.9 Å². The first-order valence-electron chi connectivity index (χ1n) is 8.39. The van der Waals surface area contributed by atoms with Gasteiger partial charge in [0.05, 0.1) is 6.07 Å². The number of nitrogens with one attached hydrogen (secondary N) is 2. The fraction of sp³-hybridized carbons (Fsp3) is 0.368. The fourth-order valence-corrected chi connectivity index (χ4v) is 3.21. The second-order valence-electron chi connectivity index (χ2n) is 6.41. The van der Waals surface area contributed by atoms with Crippen molar-refractivity contribution in [3.05, 3.63) is 35.2 Å². The third kappa shape index (κ3) is 5.14. The number of nitrogens with zero attached hydrogens (tertiary/aromatic N) is 2. The van der Waals surface area contributed by atoms with Gasteiger partial charge in [0.2, 0.25) is 5.91 Å². The van der Waals surface area contributed by atoms with E-state index in [0.29, 0.717) is 23.7 Å². The highest BCUT2D eigenvalue weighted by molar-refractivity contribution is 7.04. The van der Waals surface area contributed by atoms with Gasteiger partial charge in [0.15, 0.2) is 5.78 Å². The molecule has 6 nitrogen and oxygen atoms in total. The Balaban J connectivity index is 2.22. The molecule has 0 spiro atoms. The largest absolute Gasteiger partial charge is 0.357 e. The van der Waals surface area contributed by atoms with Crippen LogP contribution < -0.4 is 10.6 Å². The smallest absolute Gasteiger partial charge is 0.243 e. The number of hydrogen-bond donors (Lipinski definition) is 2. The molecule has 136 valence electrons. The molecule has 7 heteroatoms. The fourth-order valence-electron chi connectivity index (χ4n) is 2.55. The van der Waals surface area contributed by atoms with Crippen LogP contribution in [0.1, 0.15) is 37.6 Å². The molecule has 1 aromatic carbocycles. The molecule has 0 aliphatic heterocycles. The quantitative estimate of drug-likeness (QED) is 0.548. The summed E-state index contributed by atoms with van der Waals surface area (Å²) in [6, 6.07) is 8.76. The Morgan fingerprint density at radius 1 is 1.27 bits per heavy atom. The normalized spacial score (nSPS) is 11.7. The number of carbonyl (C=O) groups excluding carboxylic acids is 2. The predicted molar refractivity (Wildman–Crippen MR) is 103 cm³/mol. The molecule has 1 heterocycles. The first-order chi connectivity index (χ1) is 12.4. The molecular formula is C19H22N4O2S. The number of rotatable bonds is 8. The Kier molecular flexibility index (Phi) is 6.87. The zero-order valence-electron chi connectivity index (χ0n) is 15.1. The lowest BCUT2D eigenvalue weighted by molar-refractivity contribution is -0.121. The predicted octanol–water partition coefficient (Wildman–Crippen LogP) is 3.48. The highest BCUT2D eigenvalue weighted by Crippen LogP contribution is 2.30. The van der Waals surface area contributed by atoms with Crippen LogP contribution in [-0.2, 0) is 4.79 Å². The van der Waals surface area contributed by atoms with Crippen LogP contribution in [0.2, 0.25) is 0 Å². The zero-order valence-corrected chi connectivity index (χ0v) is 15.9. The van der Waals surface area contributed by atoms with Crippen LogP contribution in [0.3, 0.4) is 0 Å². The molecule has 2 rings (SSSR count). The van der Waals surface area contributed by atoms with E-state index in [2.05, 4.69) is 15.0 Å². The standard InChI is InChI=1S/C19H22N4O2S/c1-12(2)10-17(19(25)21-9-8-20)22-18-16(11-26-23-18)15-6-4-14(5-7-15)13(3)24/h4-7,11-12,17H,9-10H2,1-3H3,(H,21,25)(H,22,23). The molecule has 0 aliphatic rings. The average Bonchev–Trinajstić information content (AvgIpc) is 3.07. The number of hydrogen-bond acceptors (Lipinski definition) is 6. The van der Waals surface area contributed by atoms with Crippen LogP contribution in [0, 0.1) is 17.2 Å². The summed E-state index contributed by atoms with van der Waals surface area (Å²) in [5, 5.41) is 16.4. The maximum Gasteiger partial charge on any atom is 0.243 e. The van der Waals surface area contributed by atoms with Crippen LogP contribution in [0.5, 0.6) is 0 Å². The van der Waals surface area contributed by atoms with E-state index in [1.807, 2.05) is 37.4 Å². The van der Waals surface area contributed by atoms with Gasteiger partial charge in [0, 0.05) is 16.5 Å². The lowest BCUT2D eigenvalue weighted by Crippen LogP contribution is -2.40. The number of anilines is 1. The Morgan fingerprint density at radius 2 is 1.96 bits per heavy atom. The second-order valence-corrected chi connectivity index (χ2v) is 7.04. The molecular weight excluding hydrogens is 348 g/mol. The number of benzene rings is 1. The molecule has 0 aliphatic carbocycles. The summed E-state index contributed by atoms with van der Waals surface area (Å²) in [6.07, 6.45) is 0.623. The molecule has 2 N–H and O–H groups in total. The number of amides is 1. The van der Waals surface area contributed by atoms with E-state index >= 15 is 0 Å². The molecule has 0 saturated carbocycles. The molecule has 26 heavy (non-hydrogen) atoms. The number of Topliss-reactive ketones (excluding diaryl/α,β-unsaturated/α-hetero) is 1. The highest BCUT2D eigenvalue weighted by atomic mass is 32.1. The lowest BCUT2D eigenvalue weighted by atomic mass is 10.0. The molecule has 0 saturated heterocycles. The van der Waals surface area contributed by atoms with E-state index in [9.17, 15) is 9.59 Å². The summed E-state index contributed by atoms with van der Waals surface area (Å²) in [5.41, 5.74) is 2.46. The number of ketones is 1. The van der Waals surface area contributed by atoms with Gasteiger partial charge < -0.3 is 10.6 Å². The third-order valence-corrected chi connectivity index (χ3v) is 4.48. The van der Waals surface area contributed by atoms with E-state index in [1.165, 1.54) is 18.5 Å². The number of nitriles is 1. The minimum atomic E-state index is -0.472. The Labute approximate surface area is 157 Å². The van der Waals surface area contributed by atoms with Gasteiger partial charge in [-0.1, -0.05) is 38.1 Å². The summed E-state index contributed by atoms with van der Waals surface area (Å²) in [5.74, 6) is 0.733. The van der Waals surface area contributed by atoms with Crippen molar-refractivity contribution in [3.63, 3.8) is 0 Å². The topological polar surface area (TPSA) is 94.9 Å². The van der Waals surface area contributed by atoms with Crippen LogP contribution in [-0.4, -0.2) is 28.7 Å². The maximum absolute atomic E-state index is 12.3. The second kappa shape index (κ2) is 9.11. The summed E-state index contributed by atoms with van der Waals surface area (Å²) in [6.45, 7) is 5.58. The molecule has 1 aromatic heterocycles. The van der Waals surface area contributed by atoms with E-state index in [-0.39, 0.29) is 18.2 Å². The summed E-state index contributed by atoms with van der Waals surface area (Å²) < 4.78 is 4.38. The van der Waals surface area contributed by atoms with Crippen molar-refractivity contribution < 1.29 is 9.59 Å². The van der Waals surface area contributed by atoms with Gasteiger partial charge in [0.1, 0.15) is 18.4 Å². The monoisotopic (exact) mass is 370 g/mol. The van der Waals surface area contributed by atoms with E-state index in [0.717, 1.165) is 11.1 Å². The van der Waals surface area contributed by atoms with E-state index in [1.54, 1.807) is 12.1 Å². The molecule has 2 aromatic rings. The zero-order chi connectivity index (χ0) is 19.1. The molecule has 0 radical (unpaired) electrons. The van der Waals surface area contributed by atoms with Gasteiger partial charge in [-0.3, -0.25) is 9.59 Å². The van der Waals surface area contributed by atoms with Crippen molar-refractivity contribution in [1.82, 2.24) is 9.69 Å². The van der Waals surface area contributed by atoms with Gasteiger partial charge in [-0.2, -0.15) is 9.64 Å². The molecule has 1 atom stereocenters. The van der Waals surface area contributed by atoms with Crippen molar-refractivity contribution in [3.8, 4) is 17.2 Å². The van der Waals surface area contributed by atoms with Gasteiger partial charge >= 0.3 is 0 Å². The SMILES string of the molecule is CC(=O)c1ccc(-c2csnc2NC(CC(C)C)C(=O)NCC#N)cc1. The number of aromatic nitrogens is 1. The summed E-state index contributed by atoms with van der Waals surface area (Å²) in [4.78, 5) is 23.8. The van der Waals surface area contributed by atoms with Gasteiger partial charge in [-0.05, 0) is 36.4 Å². The summed E-state index contributed by atoms with van der Waals surface area (Å²) >= 11 is 1.30. The van der Waals surface area contributed by atoms with Gasteiger partial charge in [0.25, 0.3) is 0 Å². The number of carbonyl (C=O) groups is 2. The first kappa shape index (κ1) is 19.6. The van der Waals surface area contributed by atoms with Gasteiger partial charge in [-0.15, -0.1) is 0 Å². The van der Waals surface area contributed by atoms with Crippen molar-refractivity contribution in [2.45, 2.75) is 33.2 Å². The molecule has 1 amide bonds. The average molecular weight is 370 g/mol.